The largest absolute Gasteiger partial charge is 0.490 e. The molecular weight excluding hydrogens is 486 g/mol. The standard InChI is InChI=1S/C24H28BrN5O3/c25-21-13-20(4-1-17(21)14-26)33-19-5-2-18(3-6-19)27-24(32)22-7-8-23(29-28-22)30-11-9-16(15-31)10-12-30/h1,4,7-8,13,16,18-19,31H,2-3,5-6,9-12,15H2,(H,27,32)/t18-,19-. The van der Waals surface area contributed by atoms with Crippen LogP contribution in [-0.4, -0.2) is 53.1 Å². The van der Waals surface area contributed by atoms with E-state index >= 15 is 0 Å². The Labute approximate surface area is 202 Å². The van der Waals surface area contributed by atoms with E-state index in [2.05, 4.69) is 42.4 Å². The van der Waals surface area contributed by atoms with E-state index in [0.29, 0.717) is 17.2 Å². The molecule has 1 saturated carbocycles. The van der Waals surface area contributed by atoms with Crippen LogP contribution in [0.5, 0.6) is 5.75 Å². The molecule has 2 N–H and O–H groups in total. The molecule has 2 aromatic rings. The van der Waals surface area contributed by atoms with Crippen LogP contribution in [0.2, 0.25) is 0 Å². The molecule has 0 unspecified atom stereocenters. The lowest BCUT2D eigenvalue weighted by molar-refractivity contribution is 0.0888. The highest BCUT2D eigenvalue weighted by molar-refractivity contribution is 9.10. The Bertz CT molecular complexity index is 994. The molecule has 2 aliphatic rings. The minimum absolute atomic E-state index is 0.0871. The number of rotatable bonds is 6. The van der Waals surface area contributed by atoms with Gasteiger partial charge in [0.2, 0.25) is 0 Å². The van der Waals surface area contributed by atoms with Crippen molar-refractivity contribution in [3.8, 4) is 11.8 Å². The Balaban J connectivity index is 1.24. The molecule has 2 heterocycles. The van der Waals surface area contributed by atoms with Crippen LogP contribution in [0.3, 0.4) is 0 Å². The summed E-state index contributed by atoms with van der Waals surface area (Å²) < 4.78 is 6.79. The molecule has 1 amide bonds. The van der Waals surface area contributed by atoms with Crippen LogP contribution in [0.4, 0.5) is 5.82 Å². The number of aliphatic hydroxyl groups excluding tert-OH is 1. The average molecular weight is 514 g/mol. The fraction of sp³-hybridized carbons (Fsp3) is 0.500. The predicted octanol–water partition coefficient (Wildman–Crippen LogP) is 3.44. The fourth-order valence-electron chi connectivity index (χ4n) is 4.40. The highest BCUT2D eigenvalue weighted by Crippen LogP contribution is 2.27. The maximum absolute atomic E-state index is 12.6. The summed E-state index contributed by atoms with van der Waals surface area (Å²) in [4.78, 5) is 14.8. The number of aromatic nitrogens is 2. The van der Waals surface area contributed by atoms with Gasteiger partial charge in [-0.3, -0.25) is 4.79 Å². The zero-order valence-electron chi connectivity index (χ0n) is 18.4. The summed E-state index contributed by atoms with van der Waals surface area (Å²) in [5, 5.41) is 29.8. The summed E-state index contributed by atoms with van der Waals surface area (Å²) in [7, 11) is 0. The van der Waals surface area contributed by atoms with Crippen LogP contribution in [-0.2, 0) is 0 Å². The van der Waals surface area contributed by atoms with E-state index in [1.54, 1.807) is 12.1 Å². The molecule has 4 rings (SSSR count). The third-order valence-electron chi connectivity index (χ3n) is 6.45. The Kier molecular flexibility index (Phi) is 7.78. The van der Waals surface area contributed by atoms with Crippen molar-refractivity contribution >= 4 is 27.7 Å². The normalized spacial score (nSPS) is 21.3. The number of anilines is 1. The van der Waals surface area contributed by atoms with Gasteiger partial charge in [0.1, 0.15) is 11.8 Å². The van der Waals surface area contributed by atoms with Crippen LogP contribution in [0.15, 0.2) is 34.8 Å². The summed E-state index contributed by atoms with van der Waals surface area (Å²) in [6.45, 7) is 1.92. The molecule has 8 nitrogen and oxygen atoms in total. The molecule has 1 saturated heterocycles. The number of halogens is 1. The number of amides is 1. The van der Waals surface area contributed by atoms with Crippen molar-refractivity contribution in [3.05, 3.63) is 46.1 Å². The number of carbonyl (C=O) groups excluding carboxylic acids is 1. The van der Waals surface area contributed by atoms with Crippen LogP contribution >= 0.6 is 15.9 Å². The van der Waals surface area contributed by atoms with E-state index < -0.39 is 0 Å². The van der Waals surface area contributed by atoms with Gasteiger partial charge in [-0.25, -0.2) is 0 Å². The second-order valence-electron chi connectivity index (χ2n) is 8.71. The van der Waals surface area contributed by atoms with Crippen molar-refractivity contribution in [2.75, 3.05) is 24.6 Å². The van der Waals surface area contributed by atoms with Crippen molar-refractivity contribution in [1.82, 2.24) is 15.5 Å². The van der Waals surface area contributed by atoms with Crippen molar-refractivity contribution in [2.45, 2.75) is 50.7 Å². The highest BCUT2D eigenvalue weighted by Gasteiger charge is 2.25. The van der Waals surface area contributed by atoms with E-state index in [0.717, 1.165) is 67.7 Å². The van der Waals surface area contributed by atoms with E-state index in [1.807, 2.05) is 18.2 Å². The minimum atomic E-state index is -0.201. The van der Waals surface area contributed by atoms with Crippen LogP contribution in [0.25, 0.3) is 0 Å². The number of hydrogen-bond acceptors (Lipinski definition) is 7. The number of benzene rings is 1. The number of carbonyl (C=O) groups is 1. The van der Waals surface area contributed by atoms with Crippen molar-refractivity contribution in [2.24, 2.45) is 5.92 Å². The number of aliphatic hydroxyl groups is 1. The van der Waals surface area contributed by atoms with Crippen molar-refractivity contribution < 1.29 is 14.6 Å². The van der Waals surface area contributed by atoms with Gasteiger partial charge in [-0.15, -0.1) is 10.2 Å². The SMILES string of the molecule is N#Cc1ccc(O[C@H]2CC[C@H](NC(=O)c3ccc(N4CCC(CO)CC4)nn3)CC2)cc1Br. The number of piperidine rings is 1. The number of hydrogen-bond donors (Lipinski definition) is 2. The Hall–Kier alpha value is -2.70. The molecule has 0 bridgehead atoms. The van der Waals surface area contributed by atoms with Gasteiger partial charge in [0.15, 0.2) is 11.5 Å². The molecule has 1 aromatic heterocycles. The van der Waals surface area contributed by atoms with Gasteiger partial charge in [-0.1, -0.05) is 0 Å². The van der Waals surface area contributed by atoms with Gasteiger partial charge in [0.25, 0.3) is 5.91 Å². The van der Waals surface area contributed by atoms with E-state index in [1.165, 1.54) is 0 Å². The van der Waals surface area contributed by atoms with Gasteiger partial charge in [-0.05, 0) is 90.7 Å². The first kappa shape index (κ1) is 23.5. The lowest BCUT2D eigenvalue weighted by Gasteiger charge is -2.31. The zero-order valence-corrected chi connectivity index (χ0v) is 20.0. The molecule has 1 aliphatic carbocycles. The number of nitrogens with zero attached hydrogens (tertiary/aromatic N) is 4. The van der Waals surface area contributed by atoms with Gasteiger partial charge >= 0.3 is 0 Å². The van der Waals surface area contributed by atoms with Crippen molar-refractivity contribution in [3.63, 3.8) is 0 Å². The van der Waals surface area contributed by atoms with Crippen LogP contribution in [0, 0.1) is 17.2 Å². The van der Waals surface area contributed by atoms with Crippen molar-refractivity contribution in [1.29, 1.82) is 5.26 Å². The van der Waals surface area contributed by atoms with Gasteiger partial charge in [0, 0.05) is 30.2 Å². The molecule has 0 radical (unpaired) electrons. The quantitative estimate of drug-likeness (QED) is 0.608. The highest BCUT2D eigenvalue weighted by atomic mass is 79.9. The van der Waals surface area contributed by atoms with Crippen LogP contribution < -0.4 is 15.0 Å². The fourth-order valence-corrected chi connectivity index (χ4v) is 4.84. The lowest BCUT2D eigenvalue weighted by atomic mass is 9.93. The molecule has 0 atom stereocenters. The summed E-state index contributed by atoms with van der Waals surface area (Å²) in [5.41, 5.74) is 0.904. The third-order valence-corrected chi connectivity index (χ3v) is 7.11. The molecule has 1 aromatic carbocycles. The maximum Gasteiger partial charge on any atom is 0.272 e. The Morgan fingerprint density at radius 3 is 2.52 bits per heavy atom. The van der Waals surface area contributed by atoms with Gasteiger partial charge in [0.05, 0.1) is 11.7 Å². The molecule has 2 fully saturated rings. The van der Waals surface area contributed by atoms with Gasteiger partial charge in [-0.2, -0.15) is 5.26 Å². The second kappa shape index (κ2) is 10.9. The van der Waals surface area contributed by atoms with E-state index in [4.69, 9.17) is 10.00 Å². The zero-order chi connectivity index (χ0) is 23.2. The van der Waals surface area contributed by atoms with Gasteiger partial charge < -0.3 is 20.1 Å². The topological polar surface area (TPSA) is 111 Å². The molecule has 0 spiro atoms. The molecule has 174 valence electrons. The smallest absolute Gasteiger partial charge is 0.272 e. The number of ether oxygens (including phenoxy) is 1. The van der Waals surface area contributed by atoms with E-state index in [-0.39, 0.29) is 24.7 Å². The molecule has 9 heteroatoms. The summed E-state index contributed by atoms with van der Waals surface area (Å²) in [6, 6.07) is 11.2. The maximum atomic E-state index is 12.6. The monoisotopic (exact) mass is 513 g/mol. The predicted molar refractivity (Wildman–Crippen MR) is 127 cm³/mol. The summed E-state index contributed by atoms with van der Waals surface area (Å²) in [5.74, 6) is 1.68. The molecule has 33 heavy (non-hydrogen) atoms. The third kappa shape index (κ3) is 6.01. The summed E-state index contributed by atoms with van der Waals surface area (Å²) in [6.07, 6.45) is 5.32. The Morgan fingerprint density at radius 1 is 1.15 bits per heavy atom. The lowest BCUT2D eigenvalue weighted by Crippen LogP contribution is -2.40. The minimum Gasteiger partial charge on any atom is -0.490 e. The van der Waals surface area contributed by atoms with E-state index in [9.17, 15) is 9.90 Å². The molecule has 1 aliphatic heterocycles. The Morgan fingerprint density at radius 2 is 1.91 bits per heavy atom. The number of nitrogens with one attached hydrogen (secondary N) is 1. The van der Waals surface area contributed by atoms with Crippen LogP contribution in [0.1, 0.15) is 54.6 Å². The second-order valence-corrected chi connectivity index (χ2v) is 9.56. The summed E-state index contributed by atoms with van der Waals surface area (Å²) >= 11 is 3.39. The first-order valence-electron chi connectivity index (χ1n) is 11.4. The average Bonchev–Trinajstić information content (AvgIpc) is 2.85. The number of nitriles is 1. The first-order chi connectivity index (χ1) is 16.1. The first-order valence-corrected chi connectivity index (χ1v) is 12.2. The molecular formula is C24H28BrN5O3.